The normalized spacial score (nSPS) is 10.7. The van der Waals surface area contributed by atoms with Crippen LogP contribution in [0.4, 0.5) is 0 Å². The van der Waals surface area contributed by atoms with Gasteiger partial charge in [0, 0.05) is 30.7 Å². The summed E-state index contributed by atoms with van der Waals surface area (Å²) in [5.74, 6) is -0.916. The van der Waals surface area contributed by atoms with Crippen molar-refractivity contribution in [2.75, 3.05) is 0 Å². The van der Waals surface area contributed by atoms with Gasteiger partial charge in [-0.1, -0.05) is 13.3 Å². The Labute approximate surface area is 89.7 Å². The van der Waals surface area contributed by atoms with Crippen molar-refractivity contribution < 1.29 is 14.5 Å². The summed E-state index contributed by atoms with van der Waals surface area (Å²) in [5, 5.41) is 8.55. The summed E-state index contributed by atoms with van der Waals surface area (Å²) in [7, 11) is 0. The van der Waals surface area contributed by atoms with Crippen LogP contribution >= 0.6 is 0 Å². The molecule has 1 aromatic rings. The molecule has 1 heterocycles. The summed E-state index contributed by atoms with van der Waals surface area (Å²) in [5.41, 5.74) is 0.924. The second-order valence-electron chi connectivity index (χ2n) is 3.34. The first-order valence-corrected chi connectivity index (χ1v) is 5.13. The smallest absolute Gasteiger partial charge is 0.328 e. The van der Waals surface area contributed by atoms with E-state index in [9.17, 15) is 4.79 Å². The van der Waals surface area contributed by atoms with Gasteiger partial charge in [-0.2, -0.15) is 4.57 Å². The molecule has 0 saturated heterocycles. The molecular weight excluding hydrogens is 190 g/mol. The Morgan fingerprint density at radius 3 is 3.00 bits per heavy atom. The van der Waals surface area contributed by atoms with E-state index in [1.54, 1.807) is 6.08 Å². The molecule has 0 saturated carbocycles. The Bertz CT molecular complexity index is 358. The number of aryl methyl sites for hydroxylation is 1. The van der Waals surface area contributed by atoms with Crippen molar-refractivity contribution >= 4 is 12.0 Å². The van der Waals surface area contributed by atoms with Crippen molar-refractivity contribution in [3.05, 3.63) is 36.2 Å². The molecule has 0 unspecified atom stereocenters. The Morgan fingerprint density at radius 1 is 1.53 bits per heavy atom. The van der Waals surface area contributed by atoms with E-state index in [4.69, 9.17) is 5.11 Å². The van der Waals surface area contributed by atoms with Crippen LogP contribution in [-0.4, -0.2) is 11.1 Å². The van der Waals surface area contributed by atoms with Crippen molar-refractivity contribution in [1.82, 2.24) is 0 Å². The Morgan fingerprint density at radius 2 is 2.33 bits per heavy atom. The van der Waals surface area contributed by atoms with Gasteiger partial charge in [-0.25, -0.2) is 4.79 Å². The fourth-order valence-electron chi connectivity index (χ4n) is 1.33. The van der Waals surface area contributed by atoms with Gasteiger partial charge in [0.15, 0.2) is 6.20 Å². The summed E-state index contributed by atoms with van der Waals surface area (Å²) < 4.78 is 2.06. The van der Waals surface area contributed by atoms with Crippen LogP contribution in [0.15, 0.2) is 30.5 Å². The average Bonchev–Trinajstić information content (AvgIpc) is 2.24. The summed E-state index contributed by atoms with van der Waals surface area (Å²) in [6.45, 7) is 3.06. The van der Waals surface area contributed by atoms with Crippen molar-refractivity contribution in [1.29, 1.82) is 0 Å². The highest BCUT2D eigenvalue weighted by Crippen LogP contribution is 1.96. The monoisotopic (exact) mass is 206 g/mol. The van der Waals surface area contributed by atoms with Crippen molar-refractivity contribution in [2.24, 2.45) is 0 Å². The molecular formula is C12H16NO2+. The zero-order chi connectivity index (χ0) is 11.1. The van der Waals surface area contributed by atoms with E-state index in [0.717, 1.165) is 31.2 Å². The number of aliphatic carboxylic acids is 1. The lowest BCUT2D eigenvalue weighted by Gasteiger charge is -1.98. The maximum Gasteiger partial charge on any atom is 0.328 e. The SMILES string of the molecule is CCCC[n+]1ccccc1/C=C/C(=O)O. The van der Waals surface area contributed by atoms with Gasteiger partial charge in [0.2, 0.25) is 5.69 Å². The summed E-state index contributed by atoms with van der Waals surface area (Å²) in [4.78, 5) is 10.4. The van der Waals surface area contributed by atoms with Crippen LogP contribution in [0.2, 0.25) is 0 Å². The lowest BCUT2D eigenvalue weighted by Crippen LogP contribution is -2.36. The Hall–Kier alpha value is -1.64. The van der Waals surface area contributed by atoms with Crippen LogP contribution in [-0.2, 0) is 11.3 Å². The topological polar surface area (TPSA) is 41.2 Å². The number of unbranched alkanes of at least 4 members (excludes halogenated alkanes) is 1. The third-order valence-corrected chi connectivity index (χ3v) is 2.12. The van der Waals surface area contributed by atoms with Gasteiger partial charge >= 0.3 is 5.97 Å². The standard InChI is InChI=1S/C12H15NO2/c1-2-3-9-13-10-5-4-6-11(13)7-8-12(14)15/h4-8,10H,2-3,9H2,1H3/p+1/b8-7+. The molecule has 0 spiro atoms. The number of hydrogen-bond donors (Lipinski definition) is 1. The first-order valence-electron chi connectivity index (χ1n) is 5.13. The largest absolute Gasteiger partial charge is 0.478 e. The van der Waals surface area contributed by atoms with Crippen molar-refractivity contribution in [3.63, 3.8) is 0 Å². The van der Waals surface area contributed by atoms with E-state index in [-0.39, 0.29) is 0 Å². The molecule has 0 aliphatic carbocycles. The molecule has 1 aromatic heterocycles. The van der Waals surface area contributed by atoms with E-state index in [0.29, 0.717) is 0 Å². The predicted molar refractivity (Wildman–Crippen MR) is 58.2 cm³/mol. The third kappa shape index (κ3) is 3.94. The molecule has 0 bridgehead atoms. The molecule has 0 aromatic carbocycles. The lowest BCUT2D eigenvalue weighted by atomic mass is 10.2. The molecule has 3 nitrogen and oxygen atoms in total. The van der Waals surface area contributed by atoms with E-state index in [2.05, 4.69) is 11.5 Å². The van der Waals surface area contributed by atoms with Gasteiger partial charge in [-0.05, 0) is 6.07 Å². The number of nitrogens with zero attached hydrogens (tertiary/aromatic N) is 1. The van der Waals surface area contributed by atoms with Gasteiger partial charge in [0.25, 0.3) is 0 Å². The minimum Gasteiger partial charge on any atom is -0.478 e. The fraction of sp³-hybridized carbons (Fsp3) is 0.333. The lowest BCUT2D eigenvalue weighted by molar-refractivity contribution is -0.699. The minimum atomic E-state index is -0.916. The molecule has 0 atom stereocenters. The molecule has 3 heteroatoms. The number of hydrogen-bond acceptors (Lipinski definition) is 1. The van der Waals surface area contributed by atoms with Gasteiger partial charge in [-0.3, -0.25) is 0 Å². The minimum absolute atomic E-state index is 0.916. The van der Waals surface area contributed by atoms with E-state index in [1.807, 2.05) is 24.4 Å². The zero-order valence-electron chi connectivity index (χ0n) is 8.89. The zero-order valence-corrected chi connectivity index (χ0v) is 8.89. The van der Waals surface area contributed by atoms with E-state index >= 15 is 0 Å². The highest BCUT2D eigenvalue weighted by Gasteiger charge is 2.05. The molecule has 0 fully saturated rings. The van der Waals surface area contributed by atoms with Gasteiger partial charge in [0.05, 0.1) is 0 Å². The van der Waals surface area contributed by atoms with E-state index < -0.39 is 5.97 Å². The quantitative estimate of drug-likeness (QED) is 0.590. The fourth-order valence-corrected chi connectivity index (χ4v) is 1.33. The van der Waals surface area contributed by atoms with E-state index in [1.165, 1.54) is 0 Å². The number of carbonyl (C=O) groups is 1. The molecule has 0 radical (unpaired) electrons. The van der Waals surface area contributed by atoms with Gasteiger partial charge in [-0.15, -0.1) is 0 Å². The average molecular weight is 206 g/mol. The van der Waals surface area contributed by atoms with Crippen molar-refractivity contribution in [3.8, 4) is 0 Å². The summed E-state index contributed by atoms with van der Waals surface area (Å²) in [6, 6.07) is 5.77. The predicted octanol–water partition coefficient (Wildman–Crippen LogP) is 1.87. The number of aromatic nitrogens is 1. The molecule has 80 valence electrons. The Kier molecular flexibility index (Phi) is 4.54. The van der Waals surface area contributed by atoms with Crippen LogP contribution < -0.4 is 4.57 Å². The molecule has 1 N–H and O–H groups in total. The second-order valence-corrected chi connectivity index (χ2v) is 3.34. The summed E-state index contributed by atoms with van der Waals surface area (Å²) >= 11 is 0. The molecule has 1 rings (SSSR count). The molecule has 0 amide bonds. The Balaban J connectivity index is 2.81. The first-order chi connectivity index (χ1) is 7.24. The maximum atomic E-state index is 10.4. The number of carboxylic acids is 1. The summed E-state index contributed by atoms with van der Waals surface area (Å²) in [6.07, 6.45) is 6.99. The van der Waals surface area contributed by atoms with Gasteiger partial charge in [0.1, 0.15) is 6.54 Å². The molecule has 0 aliphatic rings. The number of pyridine rings is 1. The van der Waals surface area contributed by atoms with Crippen LogP contribution in [0, 0.1) is 0 Å². The first kappa shape index (κ1) is 11.4. The van der Waals surface area contributed by atoms with Crippen molar-refractivity contribution in [2.45, 2.75) is 26.3 Å². The van der Waals surface area contributed by atoms with Gasteiger partial charge < -0.3 is 5.11 Å². The van der Waals surface area contributed by atoms with Crippen LogP contribution in [0.3, 0.4) is 0 Å². The van der Waals surface area contributed by atoms with Crippen LogP contribution in [0.1, 0.15) is 25.5 Å². The maximum absolute atomic E-state index is 10.4. The number of carboxylic acid groups (broad SMARTS) is 1. The number of rotatable bonds is 5. The highest BCUT2D eigenvalue weighted by molar-refractivity contribution is 5.84. The second kappa shape index (κ2) is 5.96. The molecule has 15 heavy (non-hydrogen) atoms. The van der Waals surface area contributed by atoms with Crippen LogP contribution in [0.25, 0.3) is 6.08 Å². The molecule has 0 aliphatic heterocycles. The van der Waals surface area contributed by atoms with Crippen LogP contribution in [0.5, 0.6) is 0 Å². The third-order valence-electron chi connectivity index (χ3n) is 2.12. The highest BCUT2D eigenvalue weighted by atomic mass is 16.4.